The minimum atomic E-state index is -0.297. The van der Waals surface area contributed by atoms with Crippen LogP contribution < -0.4 is 20.2 Å². The molecule has 0 unspecified atom stereocenters. The summed E-state index contributed by atoms with van der Waals surface area (Å²) in [4.78, 5) is 29.7. The average molecular weight is 563 g/mol. The highest BCUT2D eigenvalue weighted by atomic mass is 16.5. The number of aryl methyl sites for hydroxylation is 1. The van der Waals surface area contributed by atoms with Gasteiger partial charge >= 0.3 is 0 Å². The van der Waals surface area contributed by atoms with Crippen LogP contribution in [0.25, 0.3) is 33.4 Å². The quantitative estimate of drug-likeness (QED) is 0.213. The van der Waals surface area contributed by atoms with Gasteiger partial charge < -0.3 is 28.6 Å². The molecule has 0 aliphatic heterocycles. The van der Waals surface area contributed by atoms with Crippen molar-refractivity contribution in [2.24, 2.45) is 0 Å². The number of amides is 1. The molecule has 0 aliphatic rings. The van der Waals surface area contributed by atoms with Crippen LogP contribution in [0.1, 0.15) is 28.4 Å². The lowest BCUT2D eigenvalue weighted by atomic mass is 9.90. The first kappa shape index (κ1) is 27.0. The number of para-hydroxylation sites is 1. The molecule has 6 rings (SSSR count). The zero-order chi connectivity index (χ0) is 29.2. The van der Waals surface area contributed by atoms with Crippen molar-refractivity contribution in [1.82, 2.24) is 10.3 Å². The molecule has 0 saturated heterocycles. The summed E-state index contributed by atoms with van der Waals surface area (Å²) in [6, 6.07) is 24.6. The molecule has 8 heteroatoms. The van der Waals surface area contributed by atoms with Crippen LogP contribution in [0.2, 0.25) is 0 Å². The van der Waals surface area contributed by atoms with Gasteiger partial charge in [0, 0.05) is 41.2 Å². The van der Waals surface area contributed by atoms with E-state index in [2.05, 4.69) is 16.4 Å². The molecule has 1 atom stereocenters. The van der Waals surface area contributed by atoms with Gasteiger partial charge in [0.15, 0.2) is 5.58 Å². The van der Waals surface area contributed by atoms with E-state index in [1.165, 1.54) is 6.07 Å². The highest BCUT2D eigenvalue weighted by Crippen LogP contribution is 2.35. The van der Waals surface area contributed by atoms with Crippen LogP contribution in [-0.2, 0) is 11.2 Å². The zero-order valence-electron chi connectivity index (χ0n) is 23.5. The van der Waals surface area contributed by atoms with E-state index >= 15 is 0 Å². The Balaban J connectivity index is 1.33. The molecule has 3 aromatic carbocycles. The molecule has 0 saturated carbocycles. The predicted octanol–water partition coefficient (Wildman–Crippen LogP) is 6.35. The van der Waals surface area contributed by atoms with Gasteiger partial charge in [-0.3, -0.25) is 9.59 Å². The zero-order valence-corrected chi connectivity index (χ0v) is 23.5. The summed E-state index contributed by atoms with van der Waals surface area (Å²) in [6.45, 7) is 2.05. The highest BCUT2D eigenvalue weighted by molar-refractivity contribution is 5.90. The van der Waals surface area contributed by atoms with Crippen LogP contribution in [0.3, 0.4) is 0 Å². The Morgan fingerprint density at radius 1 is 0.905 bits per heavy atom. The van der Waals surface area contributed by atoms with E-state index in [0.717, 1.165) is 27.8 Å². The lowest BCUT2D eigenvalue weighted by Crippen LogP contribution is -2.30. The van der Waals surface area contributed by atoms with E-state index < -0.39 is 0 Å². The Morgan fingerprint density at radius 2 is 1.60 bits per heavy atom. The van der Waals surface area contributed by atoms with Gasteiger partial charge in [0.25, 0.3) is 0 Å². The first-order valence-corrected chi connectivity index (χ1v) is 13.6. The van der Waals surface area contributed by atoms with Crippen LogP contribution in [0.15, 0.2) is 98.7 Å². The van der Waals surface area contributed by atoms with E-state index in [4.69, 9.17) is 18.3 Å². The number of furan rings is 1. The summed E-state index contributed by atoms with van der Waals surface area (Å²) in [6.07, 6.45) is 1.96. The monoisotopic (exact) mass is 562 g/mol. The van der Waals surface area contributed by atoms with Crippen LogP contribution in [0.4, 0.5) is 0 Å². The number of benzene rings is 3. The van der Waals surface area contributed by atoms with Crippen molar-refractivity contribution in [2.45, 2.75) is 19.3 Å². The number of hydrogen-bond acceptors (Lipinski definition) is 6. The van der Waals surface area contributed by atoms with Gasteiger partial charge in [0.2, 0.25) is 16.9 Å². The second-order valence-electron chi connectivity index (χ2n) is 10.1. The minimum absolute atomic E-state index is 0.0377. The van der Waals surface area contributed by atoms with Crippen LogP contribution >= 0.6 is 0 Å². The third-order valence-corrected chi connectivity index (χ3v) is 7.49. The van der Waals surface area contributed by atoms with Gasteiger partial charge in [-0.25, -0.2) is 0 Å². The fraction of sp³-hybridized carbons (Fsp3) is 0.176. The Hall–Kier alpha value is -5.24. The minimum Gasteiger partial charge on any atom is -0.497 e. The van der Waals surface area contributed by atoms with Crippen LogP contribution in [0, 0.1) is 6.92 Å². The fourth-order valence-corrected chi connectivity index (χ4v) is 5.36. The summed E-state index contributed by atoms with van der Waals surface area (Å²) in [5.41, 5.74) is 4.43. The molecule has 212 valence electrons. The summed E-state index contributed by atoms with van der Waals surface area (Å²) in [5, 5.41) is 4.22. The summed E-state index contributed by atoms with van der Waals surface area (Å²) < 4.78 is 22.6. The Kier molecular flexibility index (Phi) is 7.27. The molecule has 42 heavy (non-hydrogen) atoms. The number of carbonyl (C=O) groups is 1. The summed E-state index contributed by atoms with van der Waals surface area (Å²) in [5.74, 6) is 1.94. The first-order chi connectivity index (χ1) is 20.4. The van der Waals surface area contributed by atoms with E-state index in [-0.39, 0.29) is 34.8 Å². The molecule has 0 bridgehead atoms. The molecular weight excluding hydrogens is 532 g/mol. The molecule has 0 fully saturated rings. The molecule has 0 radical (unpaired) electrons. The van der Waals surface area contributed by atoms with E-state index in [9.17, 15) is 9.59 Å². The van der Waals surface area contributed by atoms with Gasteiger partial charge in [-0.2, -0.15) is 0 Å². The van der Waals surface area contributed by atoms with Crippen molar-refractivity contribution in [2.75, 3.05) is 20.8 Å². The standard InChI is InChI=1S/C34H30N2O6/c1-20-16-30(37)34-33(41-20)26(32(42-34)22-10-14-24(40-3)15-11-22)17-31(38)36-18-27(21-8-12-23(39-2)13-9-21)28-19-35-29-7-5-4-6-25(28)29/h4-16,19,27,35H,17-18H2,1-3H3,(H,36,38)/t27-/m0/s1. The number of nitrogens with one attached hydrogen (secondary N) is 2. The maximum absolute atomic E-state index is 13.6. The Labute approximate surface area is 241 Å². The number of rotatable bonds is 9. The van der Waals surface area contributed by atoms with Crippen molar-refractivity contribution < 1.29 is 23.1 Å². The largest absolute Gasteiger partial charge is 0.497 e. The number of methoxy groups -OCH3 is 2. The molecular formula is C34H30N2O6. The number of H-pyrrole nitrogens is 1. The van der Waals surface area contributed by atoms with Crippen molar-refractivity contribution in [1.29, 1.82) is 0 Å². The molecule has 3 aromatic heterocycles. The van der Waals surface area contributed by atoms with Gasteiger partial charge in [-0.15, -0.1) is 0 Å². The number of carbonyl (C=O) groups excluding carboxylic acids is 1. The lowest BCUT2D eigenvalue weighted by Gasteiger charge is -2.19. The summed E-state index contributed by atoms with van der Waals surface area (Å²) >= 11 is 0. The van der Waals surface area contributed by atoms with E-state index in [0.29, 0.717) is 34.9 Å². The van der Waals surface area contributed by atoms with Crippen molar-refractivity contribution in [3.63, 3.8) is 0 Å². The number of aromatic amines is 1. The van der Waals surface area contributed by atoms with Gasteiger partial charge in [-0.1, -0.05) is 30.3 Å². The molecule has 8 nitrogen and oxygen atoms in total. The van der Waals surface area contributed by atoms with Gasteiger partial charge in [0.1, 0.15) is 23.0 Å². The number of aromatic nitrogens is 1. The number of fused-ring (bicyclic) bond motifs is 2. The Morgan fingerprint density at radius 3 is 2.31 bits per heavy atom. The molecule has 1 amide bonds. The normalized spacial score (nSPS) is 12.0. The fourth-order valence-electron chi connectivity index (χ4n) is 5.36. The summed E-state index contributed by atoms with van der Waals surface area (Å²) in [7, 11) is 3.22. The topological polar surface area (TPSA) is 107 Å². The maximum atomic E-state index is 13.6. The predicted molar refractivity (Wildman–Crippen MR) is 161 cm³/mol. The van der Waals surface area contributed by atoms with Crippen molar-refractivity contribution in [3.8, 4) is 22.8 Å². The number of ether oxygens (including phenoxy) is 2. The van der Waals surface area contributed by atoms with Crippen LogP contribution in [-0.4, -0.2) is 31.7 Å². The third kappa shape index (κ3) is 5.14. The molecule has 2 N–H and O–H groups in total. The van der Waals surface area contributed by atoms with Crippen molar-refractivity contribution in [3.05, 3.63) is 118 Å². The number of hydrogen-bond donors (Lipinski definition) is 2. The maximum Gasteiger partial charge on any atom is 0.228 e. The SMILES string of the molecule is COc1ccc(-c2oc3c(=O)cc(C)oc3c2CC(=O)NC[C@@H](c2ccc(OC)cc2)c2c[nH]c3ccccc23)cc1. The lowest BCUT2D eigenvalue weighted by molar-refractivity contribution is -0.120. The molecule has 0 aliphatic carbocycles. The van der Waals surface area contributed by atoms with Crippen molar-refractivity contribution >= 4 is 28.0 Å². The average Bonchev–Trinajstić information content (AvgIpc) is 3.60. The Bertz CT molecular complexity index is 1930. The molecule has 6 aromatic rings. The third-order valence-electron chi connectivity index (χ3n) is 7.49. The first-order valence-electron chi connectivity index (χ1n) is 13.6. The highest BCUT2D eigenvalue weighted by Gasteiger charge is 2.24. The van der Waals surface area contributed by atoms with Gasteiger partial charge in [-0.05, 0) is 60.5 Å². The molecule has 0 spiro atoms. The van der Waals surface area contributed by atoms with Crippen LogP contribution in [0.5, 0.6) is 11.5 Å². The van der Waals surface area contributed by atoms with E-state index in [1.54, 1.807) is 33.3 Å². The second-order valence-corrected chi connectivity index (χ2v) is 10.1. The smallest absolute Gasteiger partial charge is 0.228 e. The molecule has 3 heterocycles. The second kappa shape index (κ2) is 11.3. The van der Waals surface area contributed by atoms with Gasteiger partial charge in [0.05, 0.1) is 26.2 Å². The van der Waals surface area contributed by atoms with E-state index in [1.807, 2.05) is 60.8 Å².